The van der Waals surface area contributed by atoms with E-state index in [0.717, 1.165) is 37.7 Å². The lowest BCUT2D eigenvalue weighted by molar-refractivity contribution is -0.137. The topological polar surface area (TPSA) is 91.7 Å². The van der Waals surface area contributed by atoms with Crippen molar-refractivity contribution in [1.82, 2.24) is 0 Å². The summed E-state index contributed by atoms with van der Waals surface area (Å²) in [7, 11) is 0. The Morgan fingerprint density at radius 1 is 1.13 bits per heavy atom. The van der Waals surface area contributed by atoms with Gasteiger partial charge in [0.15, 0.2) is 11.6 Å². The predicted octanol–water partition coefficient (Wildman–Crippen LogP) is 5.14. The summed E-state index contributed by atoms with van der Waals surface area (Å²) in [5.41, 5.74) is 2.34. The summed E-state index contributed by atoms with van der Waals surface area (Å²) in [4.78, 5) is 35.5. The van der Waals surface area contributed by atoms with Crippen molar-refractivity contribution in [3.63, 3.8) is 0 Å². The first-order valence-electron chi connectivity index (χ1n) is 11.3. The zero-order chi connectivity index (χ0) is 22.6. The summed E-state index contributed by atoms with van der Waals surface area (Å²) in [5.74, 6) is -0.687. The Morgan fingerprint density at radius 2 is 1.84 bits per heavy atom. The molecule has 2 unspecified atom stereocenters. The predicted molar refractivity (Wildman–Crippen MR) is 121 cm³/mol. The largest absolute Gasteiger partial charge is 0.481 e. The maximum Gasteiger partial charge on any atom is 0.303 e. The molecule has 168 valence electrons. The third-order valence-electron chi connectivity index (χ3n) is 5.79. The molecule has 0 fully saturated rings. The second-order valence-electron chi connectivity index (χ2n) is 8.28. The van der Waals surface area contributed by atoms with Crippen molar-refractivity contribution in [2.24, 2.45) is 0 Å². The van der Waals surface area contributed by atoms with Crippen LogP contribution in [-0.4, -0.2) is 33.9 Å². The molecule has 0 saturated heterocycles. The number of hydrogen-bond acceptors (Lipinski definition) is 4. The number of unbranched alkanes of at least 4 members (excludes halogenated alkanes) is 3. The van der Waals surface area contributed by atoms with Crippen LogP contribution in [0, 0.1) is 0 Å². The van der Waals surface area contributed by atoms with Gasteiger partial charge < -0.3 is 10.2 Å². The Morgan fingerprint density at radius 3 is 2.52 bits per heavy atom. The van der Waals surface area contributed by atoms with Crippen molar-refractivity contribution < 1.29 is 24.6 Å². The molecule has 0 radical (unpaired) electrons. The lowest BCUT2D eigenvalue weighted by Gasteiger charge is -2.15. The zero-order valence-corrected chi connectivity index (χ0v) is 18.4. The Bertz CT molecular complexity index is 806. The molecule has 1 aliphatic carbocycles. The quantitative estimate of drug-likeness (QED) is 0.317. The van der Waals surface area contributed by atoms with E-state index in [0.29, 0.717) is 30.4 Å². The van der Waals surface area contributed by atoms with Crippen molar-refractivity contribution in [2.45, 2.75) is 83.2 Å². The van der Waals surface area contributed by atoms with Gasteiger partial charge in [-0.05, 0) is 48.8 Å². The summed E-state index contributed by atoms with van der Waals surface area (Å²) in [6.45, 7) is 2.11. The van der Waals surface area contributed by atoms with Crippen molar-refractivity contribution in [1.29, 1.82) is 0 Å². The Kier molecular flexibility index (Phi) is 10.4. The van der Waals surface area contributed by atoms with Gasteiger partial charge in [-0.1, -0.05) is 62.6 Å². The fourth-order valence-corrected chi connectivity index (χ4v) is 4.15. The minimum absolute atomic E-state index is 0.00521. The van der Waals surface area contributed by atoms with E-state index < -0.39 is 12.1 Å². The monoisotopic (exact) mass is 426 g/mol. The third kappa shape index (κ3) is 8.25. The van der Waals surface area contributed by atoms with Crippen LogP contribution in [0.15, 0.2) is 53.6 Å². The molecule has 0 aromatic heterocycles. The van der Waals surface area contributed by atoms with Gasteiger partial charge in [0.1, 0.15) is 0 Å². The Labute approximate surface area is 184 Å². The SMILES string of the molecule is CCCC(CC(=O)C=CC1=C(CCCCCCC(=O)O)C(=O)CC1O)c1ccccc1. The lowest BCUT2D eigenvalue weighted by Crippen LogP contribution is -2.07. The second kappa shape index (κ2) is 13.0. The van der Waals surface area contributed by atoms with E-state index in [9.17, 15) is 19.5 Å². The molecular weight excluding hydrogens is 392 g/mol. The highest BCUT2D eigenvalue weighted by Crippen LogP contribution is 2.30. The molecule has 2 atom stereocenters. The maximum absolute atomic E-state index is 12.6. The first kappa shape index (κ1) is 24.7. The zero-order valence-electron chi connectivity index (χ0n) is 18.4. The lowest BCUT2D eigenvalue weighted by atomic mass is 9.89. The number of benzene rings is 1. The number of carbonyl (C=O) groups excluding carboxylic acids is 2. The number of carboxylic acids is 1. The smallest absolute Gasteiger partial charge is 0.303 e. The first-order valence-corrected chi connectivity index (χ1v) is 11.3. The number of aliphatic hydroxyl groups excluding tert-OH is 1. The van der Waals surface area contributed by atoms with Crippen molar-refractivity contribution >= 4 is 17.5 Å². The van der Waals surface area contributed by atoms with E-state index in [2.05, 4.69) is 6.92 Å². The van der Waals surface area contributed by atoms with Crippen LogP contribution in [0.1, 0.15) is 82.6 Å². The van der Waals surface area contributed by atoms with Crippen LogP contribution in [-0.2, 0) is 14.4 Å². The summed E-state index contributed by atoms with van der Waals surface area (Å²) in [6.07, 6.45) is 8.46. The summed E-state index contributed by atoms with van der Waals surface area (Å²) in [5, 5.41) is 19.0. The van der Waals surface area contributed by atoms with Crippen molar-refractivity contribution in [3.05, 3.63) is 59.2 Å². The minimum atomic E-state index is -0.848. The number of ketones is 2. The van der Waals surface area contributed by atoms with Gasteiger partial charge in [-0.15, -0.1) is 0 Å². The average molecular weight is 427 g/mol. The van der Waals surface area contributed by atoms with Gasteiger partial charge in [0.2, 0.25) is 0 Å². The number of Topliss-reactive ketones (excluding diaryl/α,β-unsaturated/α-hetero) is 1. The highest BCUT2D eigenvalue weighted by Gasteiger charge is 2.28. The van der Waals surface area contributed by atoms with Crippen LogP contribution in [0.3, 0.4) is 0 Å². The highest BCUT2D eigenvalue weighted by atomic mass is 16.4. The van der Waals surface area contributed by atoms with Crippen molar-refractivity contribution in [2.75, 3.05) is 0 Å². The summed E-state index contributed by atoms with van der Waals surface area (Å²) in [6, 6.07) is 10.0. The van der Waals surface area contributed by atoms with Gasteiger partial charge in [-0.25, -0.2) is 0 Å². The molecule has 0 heterocycles. The number of aliphatic carboxylic acids is 1. The molecule has 1 aromatic carbocycles. The third-order valence-corrected chi connectivity index (χ3v) is 5.79. The molecule has 0 bridgehead atoms. The molecule has 0 aliphatic heterocycles. The molecule has 0 spiro atoms. The fourth-order valence-electron chi connectivity index (χ4n) is 4.15. The molecule has 5 nitrogen and oxygen atoms in total. The first-order chi connectivity index (χ1) is 14.9. The Balaban J connectivity index is 1.96. The van der Waals surface area contributed by atoms with Gasteiger partial charge in [0.25, 0.3) is 0 Å². The molecular formula is C26H34O5. The van der Waals surface area contributed by atoms with Gasteiger partial charge >= 0.3 is 5.97 Å². The van der Waals surface area contributed by atoms with E-state index in [1.54, 1.807) is 6.08 Å². The van der Waals surface area contributed by atoms with E-state index in [4.69, 9.17) is 5.11 Å². The maximum atomic E-state index is 12.6. The van der Waals surface area contributed by atoms with E-state index in [1.807, 2.05) is 30.3 Å². The number of allylic oxidation sites excluding steroid dienone is 2. The van der Waals surface area contributed by atoms with Gasteiger partial charge in [0, 0.05) is 24.8 Å². The molecule has 0 amide bonds. The van der Waals surface area contributed by atoms with E-state index in [-0.39, 0.29) is 30.3 Å². The van der Waals surface area contributed by atoms with Gasteiger partial charge in [-0.3, -0.25) is 14.4 Å². The highest BCUT2D eigenvalue weighted by molar-refractivity contribution is 6.01. The minimum Gasteiger partial charge on any atom is -0.481 e. The standard InChI is InChI=1S/C26H34O5/c1-2-10-20(19-11-6-5-7-12-19)17-21(27)15-16-23-22(24(28)18-25(23)29)13-8-3-4-9-14-26(30)31/h5-7,11-12,15-16,20,25,29H,2-4,8-10,13-14,17-18H2,1H3,(H,30,31). The molecule has 2 rings (SSSR count). The molecule has 5 heteroatoms. The van der Waals surface area contributed by atoms with E-state index >= 15 is 0 Å². The molecule has 0 saturated carbocycles. The van der Waals surface area contributed by atoms with Crippen LogP contribution in [0.4, 0.5) is 0 Å². The number of rotatable bonds is 14. The number of aliphatic hydroxyl groups is 1. The van der Waals surface area contributed by atoms with Crippen LogP contribution >= 0.6 is 0 Å². The molecule has 31 heavy (non-hydrogen) atoms. The average Bonchev–Trinajstić information content (AvgIpc) is 3.01. The van der Waals surface area contributed by atoms with Crippen LogP contribution in [0.2, 0.25) is 0 Å². The van der Waals surface area contributed by atoms with Crippen molar-refractivity contribution in [3.8, 4) is 0 Å². The number of carboxylic acid groups (broad SMARTS) is 1. The molecule has 1 aromatic rings. The van der Waals surface area contributed by atoms with Gasteiger partial charge in [0.05, 0.1) is 6.10 Å². The van der Waals surface area contributed by atoms with Gasteiger partial charge in [-0.2, -0.15) is 0 Å². The Hall–Kier alpha value is -2.53. The van der Waals surface area contributed by atoms with E-state index in [1.165, 1.54) is 6.08 Å². The normalized spacial score (nSPS) is 17.5. The molecule has 1 aliphatic rings. The fraction of sp³-hybridized carbons (Fsp3) is 0.500. The molecule has 2 N–H and O–H groups in total. The number of hydrogen-bond donors (Lipinski definition) is 2. The second-order valence-corrected chi connectivity index (χ2v) is 8.28. The van der Waals surface area contributed by atoms with Crippen LogP contribution in [0.25, 0.3) is 0 Å². The van der Waals surface area contributed by atoms with Crippen LogP contribution in [0.5, 0.6) is 0 Å². The number of carbonyl (C=O) groups is 3. The van der Waals surface area contributed by atoms with Crippen LogP contribution < -0.4 is 0 Å². The summed E-state index contributed by atoms with van der Waals surface area (Å²) >= 11 is 0. The summed E-state index contributed by atoms with van der Waals surface area (Å²) < 4.78 is 0.